The molecule has 6 heteroatoms. The van der Waals surface area contributed by atoms with E-state index in [1.807, 2.05) is 22.6 Å². The predicted molar refractivity (Wildman–Crippen MR) is 84.8 cm³/mol. The SMILES string of the molecule is COCc1nc(C2CC3CCC(C2)N3C)[nH]c(=O)c1I. The molecule has 0 radical (unpaired) electrons. The Hall–Kier alpha value is -0.470. The van der Waals surface area contributed by atoms with Crippen molar-refractivity contribution < 1.29 is 4.74 Å². The normalized spacial score (nSPS) is 29.9. The van der Waals surface area contributed by atoms with Crippen LogP contribution in [-0.2, 0) is 11.3 Å². The van der Waals surface area contributed by atoms with Gasteiger partial charge in [-0.2, -0.15) is 0 Å². The summed E-state index contributed by atoms with van der Waals surface area (Å²) in [5.74, 6) is 1.23. The number of halogens is 1. The van der Waals surface area contributed by atoms with Crippen LogP contribution >= 0.6 is 22.6 Å². The Kier molecular flexibility index (Phi) is 4.14. The Morgan fingerprint density at radius 2 is 2.05 bits per heavy atom. The number of methoxy groups -OCH3 is 1. The standard InChI is InChI=1S/C14H20IN3O2/c1-18-9-3-4-10(18)6-8(5-9)13-16-11(7-20-2)12(15)14(19)17-13/h8-10H,3-7H2,1-2H3,(H,16,17,19). The molecule has 1 aromatic heterocycles. The highest BCUT2D eigenvalue weighted by Crippen LogP contribution is 2.40. The molecule has 3 heterocycles. The van der Waals surface area contributed by atoms with Gasteiger partial charge in [-0.1, -0.05) is 0 Å². The molecule has 110 valence electrons. The highest BCUT2D eigenvalue weighted by Gasteiger charge is 2.39. The number of hydrogen-bond donors (Lipinski definition) is 1. The molecule has 3 rings (SSSR count). The van der Waals surface area contributed by atoms with Crippen molar-refractivity contribution in [3.63, 3.8) is 0 Å². The molecule has 2 fully saturated rings. The number of nitrogens with zero attached hydrogens (tertiary/aromatic N) is 2. The number of ether oxygens (including phenoxy) is 1. The molecule has 2 bridgehead atoms. The van der Waals surface area contributed by atoms with Crippen LogP contribution in [0.25, 0.3) is 0 Å². The van der Waals surface area contributed by atoms with Gasteiger partial charge >= 0.3 is 0 Å². The minimum Gasteiger partial charge on any atom is -0.378 e. The van der Waals surface area contributed by atoms with Gasteiger partial charge in [-0.25, -0.2) is 4.98 Å². The van der Waals surface area contributed by atoms with Crippen molar-refractivity contribution in [1.82, 2.24) is 14.9 Å². The fourth-order valence-corrected chi connectivity index (χ4v) is 4.00. The monoisotopic (exact) mass is 389 g/mol. The lowest BCUT2D eigenvalue weighted by atomic mass is 9.90. The van der Waals surface area contributed by atoms with E-state index in [1.165, 1.54) is 12.8 Å². The van der Waals surface area contributed by atoms with Crippen molar-refractivity contribution in [1.29, 1.82) is 0 Å². The molecule has 0 saturated carbocycles. The van der Waals surface area contributed by atoms with Gasteiger partial charge in [0.15, 0.2) is 0 Å². The first-order chi connectivity index (χ1) is 9.60. The number of nitrogens with one attached hydrogen (secondary N) is 1. The van der Waals surface area contributed by atoms with Gasteiger partial charge in [-0.15, -0.1) is 0 Å². The van der Waals surface area contributed by atoms with Gasteiger partial charge in [-0.3, -0.25) is 4.79 Å². The highest BCUT2D eigenvalue weighted by atomic mass is 127. The van der Waals surface area contributed by atoms with Crippen LogP contribution in [-0.4, -0.2) is 41.1 Å². The molecule has 0 aliphatic carbocycles. The predicted octanol–water partition coefficient (Wildman–Crippen LogP) is 1.86. The number of hydrogen-bond acceptors (Lipinski definition) is 4. The summed E-state index contributed by atoms with van der Waals surface area (Å²) in [7, 11) is 3.85. The number of aromatic nitrogens is 2. The third kappa shape index (κ3) is 2.53. The van der Waals surface area contributed by atoms with Crippen LogP contribution < -0.4 is 5.56 Å². The van der Waals surface area contributed by atoms with Crippen molar-refractivity contribution in [3.05, 3.63) is 25.4 Å². The first kappa shape index (κ1) is 14.5. The zero-order valence-corrected chi connectivity index (χ0v) is 14.0. The molecular weight excluding hydrogens is 369 g/mol. The maximum atomic E-state index is 12.1. The third-order valence-corrected chi connectivity index (χ3v) is 5.83. The second kappa shape index (κ2) is 5.73. The first-order valence-electron chi connectivity index (χ1n) is 7.09. The second-order valence-electron chi connectivity index (χ2n) is 5.86. The summed E-state index contributed by atoms with van der Waals surface area (Å²) < 4.78 is 5.79. The van der Waals surface area contributed by atoms with E-state index < -0.39 is 0 Å². The quantitative estimate of drug-likeness (QED) is 0.802. The lowest BCUT2D eigenvalue weighted by Gasteiger charge is -2.35. The second-order valence-corrected chi connectivity index (χ2v) is 6.94. The van der Waals surface area contributed by atoms with Crippen LogP contribution in [0.1, 0.15) is 43.1 Å². The van der Waals surface area contributed by atoms with Crippen LogP contribution in [0.2, 0.25) is 0 Å². The average Bonchev–Trinajstić information content (AvgIpc) is 2.66. The molecule has 2 aliphatic heterocycles. The summed E-state index contributed by atoms with van der Waals surface area (Å²) in [6, 6.07) is 1.29. The van der Waals surface area contributed by atoms with E-state index in [2.05, 4.69) is 21.9 Å². The number of aromatic amines is 1. The maximum absolute atomic E-state index is 12.1. The maximum Gasteiger partial charge on any atom is 0.264 e. The van der Waals surface area contributed by atoms with E-state index in [1.54, 1.807) is 7.11 Å². The van der Waals surface area contributed by atoms with E-state index in [0.29, 0.717) is 28.2 Å². The Morgan fingerprint density at radius 3 is 2.65 bits per heavy atom. The molecule has 5 nitrogen and oxygen atoms in total. The van der Waals surface area contributed by atoms with Gasteiger partial charge in [-0.05, 0) is 55.3 Å². The molecule has 0 amide bonds. The Labute approximate surface area is 132 Å². The van der Waals surface area contributed by atoms with Crippen LogP contribution in [0.4, 0.5) is 0 Å². The van der Waals surface area contributed by atoms with Gasteiger partial charge in [0.05, 0.1) is 12.3 Å². The molecule has 0 aromatic carbocycles. The largest absolute Gasteiger partial charge is 0.378 e. The smallest absolute Gasteiger partial charge is 0.264 e. The van der Waals surface area contributed by atoms with Crippen LogP contribution in [0.3, 0.4) is 0 Å². The number of rotatable bonds is 3. The zero-order valence-electron chi connectivity index (χ0n) is 11.9. The fourth-order valence-electron chi connectivity index (χ4n) is 3.59. The van der Waals surface area contributed by atoms with Gasteiger partial charge in [0, 0.05) is 25.1 Å². The molecule has 1 aromatic rings. The molecule has 1 N–H and O–H groups in total. The molecule has 2 atom stereocenters. The van der Waals surface area contributed by atoms with E-state index in [0.717, 1.165) is 24.4 Å². The van der Waals surface area contributed by atoms with Crippen LogP contribution in [0, 0.1) is 3.57 Å². The van der Waals surface area contributed by atoms with Crippen molar-refractivity contribution in [2.75, 3.05) is 14.2 Å². The minimum absolute atomic E-state index is 0.0334. The van der Waals surface area contributed by atoms with Crippen molar-refractivity contribution >= 4 is 22.6 Å². The van der Waals surface area contributed by atoms with Crippen LogP contribution in [0.15, 0.2) is 4.79 Å². The summed E-state index contributed by atoms with van der Waals surface area (Å²) >= 11 is 2.05. The molecule has 0 spiro atoms. The Morgan fingerprint density at radius 1 is 1.40 bits per heavy atom. The third-order valence-electron chi connectivity index (χ3n) is 4.72. The Balaban J connectivity index is 1.89. The number of fused-ring (bicyclic) bond motifs is 2. The summed E-state index contributed by atoms with van der Waals surface area (Å²) in [5.41, 5.74) is 0.729. The van der Waals surface area contributed by atoms with Crippen LogP contribution in [0.5, 0.6) is 0 Å². The summed E-state index contributed by atoms with van der Waals surface area (Å²) in [6.45, 7) is 0.397. The highest BCUT2D eigenvalue weighted by molar-refractivity contribution is 14.1. The van der Waals surface area contributed by atoms with Crippen molar-refractivity contribution in [2.45, 2.75) is 50.3 Å². The van der Waals surface area contributed by atoms with Gasteiger partial charge in [0.25, 0.3) is 5.56 Å². The molecular formula is C14H20IN3O2. The van der Waals surface area contributed by atoms with Gasteiger partial charge < -0.3 is 14.6 Å². The minimum atomic E-state index is -0.0334. The molecule has 2 aliphatic rings. The van der Waals surface area contributed by atoms with Gasteiger partial charge in [0.2, 0.25) is 0 Å². The fraction of sp³-hybridized carbons (Fsp3) is 0.714. The molecule has 2 saturated heterocycles. The van der Waals surface area contributed by atoms with Crippen molar-refractivity contribution in [3.8, 4) is 0 Å². The van der Waals surface area contributed by atoms with Gasteiger partial charge in [0.1, 0.15) is 9.39 Å². The summed E-state index contributed by atoms with van der Waals surface area (Å²) in [6.07, 6.45) is 4.75. The lowest BCUT2D eigenvalue weighted by molar-refractivity contribution is 0.157. The van der Waals surface area contributed by atoms with E-state index in [9.17, 15) is 4.79 Å². The van der Waals surface area contributed by atoms with E-state index >= 15 is 0 Å². The van der Waals surface area contributed by atoms with E-state index in [-0.39, 0.29) is 5.56 Å². The van der Waals surface area contributed by atoms with Crippen molar-refractivity contribution in [2.24, 2.45) is 0 Å². The number of piperidine rings is 1. The molecule has 2 unspecified atom stereocenters. The van der Waals surface area contributed by atoms with E-state index in [4.69, 9.17) is 4.74 Å². The first-order valence-corrected chi connectivity index (χ1v) is 8.17. The number of H-pyrrole nitrogens is 1. The zero-order chi connectivity index (χ0) is 14.3. The average molecular weight is 389 g/mol. The summed E-state index contributed by atoms with van der Waals surface area (Å²) in [4.78, 5) is 22.2. The summed E-state index contributed by atoms with van der Waals surface area (Å²) in [5, 5.41) is 0. The lowest BCUT2D eigenvalue weighted by Crippen LogP contribution is -2.40. The topological polar surface area (TPSA) is 58.2 Å². The Bertz CT molecular complexity index is 546. The molecule has 20 heavy (non-hydrogen) atoms.